The largest absolute Gasteiger partial charge is 0.398 e. The van der Waals surface area contributed by atoms with Gasteiger partial charge in [-0.3, -0.25) is 4.72 Å². The molecule has 0 radical (unpaired) electrons. The minimum Gasteiger partial charge on any atom is -0.398 e. The van der Waals surface area contributed by atoms with Crippen molar-refractivity contribution < 1.29 is 17.2 Å². The molecule has 0 unspecified atom stereocenters. The van der Waals surface area contributed by atoms with Crippen molar-refractivity contribution in [3.05, 3.63) is 53.1 Å². The molecule has 0 atom stereocenters. The van der Waals surface area contributed by atoms with Crippen LogP contribution in [0.25, 0.3) is 0 Å². The normalized spacial score (nSPS) is 11.3. The standard InChI is InChI=1S/C12H9ClF2N2O2S/c13-7-1-3-9(15)11(5-7)17-20(18,19)12-6-8(14)2-4-10(12)16/h1-6,17H,16H2. The number of hydrogen-bond donors (Lipinski definition) is 2. The highest BCUT2D eigenvalue weighted by molar-refractivity contribution is 7.92. The van der Waals surface area contributed by atoms with Gasteiger partial charge in [0.15, 0.2) is 0 Å². The van der Waals surface area contributed by atoms with Crippen LogP contribution in [0, 0.1) is 11.6 Å². The molecule has 106 valence electrons. The molecule has 2 rings (SSSR count). The first-order valence-electron chi connectivity index (χ1n) is 5.32. The Hall–Kier alpha value is -1.86. The Bertz CT molecular complexity index is 766. The summed E-state index contributed by atoms with van der Waals surface area (Å²) in [6.45, 7) is 0. The van der Waals surface area contributed by atoms with E-state index >= 15 is 0 Å². The fraction of sp³-hybridized carbons (Fsp3) is 0. The van der Waals surface area contributed by atoms with Crippen LogP contribution in [0.1, 0.15) is 0 Å². The van der Waals surface area contributed by atoms with Gasteiger partial charge >= 0.3 is 0 Å². The maximum atomic E-state index is 13.5. The summed E-state index contributed by atoms with van der Waals surface area (Å²) >= 11 is 5.66. The second kappa shape index (κ2) is 5.26. The van der Waals surface area contributed by atoms with Gasteiger partial charge in [-0.15, -0.1) is 0 Å². The Balaban J connectivity index is 2.46. The first kappa shape index (κ1) is 14.5. The van der Waals surface area contributed by atoms with Gasteiger partial charge in [0, 0.05) is 5.02 Å². The number of rotatable bonds is 3. The zero-order valence-corrected chi connectivity index (χ0v) is 11.5. The summed E-state index contributed by atoms with van der Waals surface area (Å²) in [6, 6.07) is 6.26. The molecule has 0 fully saturated rings. The first-order valence-corrected chi connectivity index (χ1v) is 7.18. The zero-order valence-electron chi connectivity index (χ0n) is 9.90. The molecule has 20 heavy (non-hydrogen) atoms. The van der Waals surface area contributed by atoms with Gasteiger partial charge in [-0.25, -0.2) is 17.2 Å². The molecule has 0 bridgehead atoms. The highest BCUT2D eigenvalue weighted by Gasteiger charge is 2.20. The molecule has 0 aromatic heterocycles. The highest BCUT2D eigenvalue weighted by Crippen LogP contribution is 2.25. The fourth-order valence-corrected chi connectivity index (χ4v) is 2.89. The van der Waals surface area contributed by atoms with Crippen molar-refractivity contribution in [1.29, 1.82) is 0 Å². The Labute approximate surface area is 119 Å². The number of anilines is 2. The lowest BCUT2D eigenvalue weighted by Crippen LogP contribution is -2.16. The molecule has 0 aliphatic rings. The van der Waals surface area contributed by atoms with Crippen LogP contribution in [-0.2, 0) is 10.0 Å². The van der Waals surface area contributed by atoms with Gasteiger partial charge < -0.3 is 5.73 Å². The first-order chi connectivity index (χ1) is 9.29. The summed E-state index contributed by atoms with van der Waals surface area (Å²) in [5.41, 5.74) is 4.99. The van der Waals surface area contributed by atoms with Crippen molar-refractivity contribution in [1.82, 2.24) is 0 Å². The van der Waals surface area contributed by atoms with Crippen molar-refractivity contribution in [2.45, 2.75) is 4.90 Å². The summed E-state index contributed by atoms with van der Waals surface area (Å²) < 4.78 is 52.7. The van der Waals surface area contributed by atoms with Crippen molar-refractivity contribution in [2.75, 3.05) is 10.5 Å². The summed E-state index contributed by atoms with van der Waals surface area (Å²) in [5, 5.41) is 0.149. The van der Waals surface area contributed by atoms with Crippen LogP contribution < -0.4 is 10.5 Å². The van der Waals surface area contributed by atoms with Crippen LogP contribution in [0.2, 0.25) is 5.02 Å². The van der Waals surface area contributed by atoms with E-state index in [2.05, 4.69) is 0 Å². The number of halogens is 3. The summed E-state index contributed by atoms with van der Waals surface area (Å²) in [6.07, 6.45) is 0. The maximum Gasteiger partial charge on any atom is 0.264 e. The molecule has 2 aromatic rings. The van der Waals surface area contributed by atoms with E-state index in [1.165, 1.54) is 6.07 Å². The fourth-order valence-electron chi connectivity index (χ4n) is 1.52. The van der Waals surface area contributed by atoms with E-state index in [0.717, 1.165) is 30.3 Å². The molecule has 2 aromatic carbocycles. The predicted molar refractivity (Wildman–Crippen MR) is 73.0 cm³/mol. The molecule has 8 heteroatoms. The highest BCUT2D eigenvalue weighted by atomic mass is 35.5. The molecule has 0 heterocycles. The number of benzene rings is 2. The summed E-state index contributed by atoms with van der Waals surface area (Å²) in [7, 11) is -4.22. The summed E-state index contributed by atoms with van der Waals surface area (Å²) in [4.78, 5) is -0.475. The van der Waals surface area contributed by atoms with E-state index in [0.29, 0.717) is 0 Å². The number of nitrogen functional groups attached to an aromatic ring is 1. The van der Waals surface area contributed by atoms with Crippen LogP contribution in [-0.4, -0.2) is 8.42 Å². The lowest BCUT2D eigenvalue weighted by atomic mass is 10.3. The number of nitrogens with one attached hydrogen (secondary N) is 1. The van der Waals surface area contributed by atoms with Crippen LogP contribution in [0.15, 0.2) is 41.3 Å². The van der Waals surface area contributed by atoms with E-state index in [1.54, 1.807) is 0 Å². The SMILES string of the molecule is Nc1ccc(F)cc1S(=O)(=O)Nc1cc(Cl)ccc1F. The van der Waals surface area contributed by atoms with Gasteiger partial charge in [0.1, 0.15) is 16.5 Å². The van der Waals surface area contributed by atoms with Gasteiger partial charge in [0.25, 0.3) is 10.0 Å². The van der Waals surface area contributed by atoms with Gasteiger partial charge in [-0.2, -0.15) is 0 Å². The molecule has 0 saturated carbocycles. The van der Waals surface area contributed by atoms with E-state index in [-0.39, 0.29) is 16.4 Å². The van der Waals surface area contributed by atoms with Crippen LogP contribution in [0.5, 0.6) is 0 Å². The molecule has 0 aliphatic carbocycles. The van der Waals surface area contributed by atoms with Crippen molar-refractivity contribution in [3.8, 4) is 0 Å². The maximum absolute atomic E-state index is 13.5. The van der Waals surface area contributed by atoms with E-state index in [4.69, 9.17) is 17.3 Å². The van der Waals surface area contributed by atoms with Gasteiger partial charge in [-0.1, -0.05) is 11.6 Å². The number of hydrogen-bond acceptors (Lipinski definition) is 3. The smallest absolute Gasteiger partial charge is 0.264 e. The van der Waals surface area contributed by atoms with Crippen LogP contribution >= 0.6 is 11.6 Å². The molecule has 4 nitrogen and oxygen atoms in total. The van der Waals surface area contributed by atoms with E-state index < -0.39 is 26.6 Å². The number of nitrogens with two attached hydrogens (primary N) is 1. The average Bonchev–Trinajstić information content (AvgIpc) is 2.36. The molecule has 0 spiro atoms. The van der Waals surface area contributed by atoms with E-state index in [9.17, 15) is 17.2 Å². The Morgan fingerprint density at radius 1 is 1.10 bits per heavy atom. The van der Waals surface area contributed by atoms with Crippen molar-refractivity contribution in [3.63, 3.8) is 0 Å². The van der Waals surface area contributed by atoms with Gasteiger partial charge in [0.05, 0.1) is 11.4 Å². The topological polar surface area (TPSA) is 72.2 Å². The lowest BCUT2D eigenvalue weighted by molar-refractivity contribution is 0.594. The molecule has 0 amide bonds. The van der Waals surface area contributed by atoms with Crippen molar-refractivity contribution >= 4 is 33.0 Å². The second-order valence-electron chi connectivity index (χ2n) is 3.91. The predicted octanol–water partition coefficient (Wildman–Crippen LogP) is 3.00. The summed E-state index contributed by atoms with van der Waals surface area (Å²) in [5.74, 6) is -1.58. The third kappa shape index (κ3) is 3.00. The second-order valence-corrected chi connectivity index (χ2v) is 6.00. The zero-order chi connectivity index (χ0) is 14.9. The molecule has 0 aliphatic heterocycles. The van der Waals surface area contributed by atoms with Gasteiger partial charge in [-0.05, 0) is 36.4 Å². The van der Waals surface area contributed by atoms with Crippen LogP contribution in [0.3, 0.4) is 0 Å². The molecular formula is C12H9ClF2N2O2S. The Morgan fingerprint density at radius 2 is 1.80 bits per heavy atom. The molecule has 3 N–H and O–H groups in total. The molecular weight excluding hydrogens is 310 g/mol. The Morgan fingerprint density at radius 3 is 2.50 bits per heavy atom. The van der Waals surface area contributed by atoms with Crippen molar-refractivity contribution in [2.24, 2.45) is 0 Å². The Kier molecular flexibility index (Phi) is 3.82. The van der Waals surface area contributed by atoms with Crippen LogP contribution in [0.4, 0.5) is 20.2 Å². The minimum absolute atomic E-state index is 0.149. The monoisotopic (exact) mass is 318 g/mol. The number of sulfonamides is 1. The average molecular weight is 319 g/mol. The van der Waals surface area contributed by atoms with Gasteiger partial charge in [0.2, 0.25) is 0 Å². The quantitative estimate of drug-likeness (QED) is 0.854. The minimum atomic E-state index is -4.22. The van der Waals surface area contributed by atoms with E-state index in [1.807, 2.05) is 4.72 Å². The molecule has 0 saturated heterocycles. The third-order valence-electron chi connectivity index (χ3n) is 2.44. The lowest BCUT2D eigenvalue weighted by Gasteiger charge is -2.11. The third-order valence-corrected chi connectivity index (χ3v) is 4.09.